The zero-order valence-corrected chi connectivity index (χ0v) is 20.9. The lowest BCUT2D eigenvalue weighted by molar-refractivity contribution is -0.122. The summed E-state index contributed by atoms with van der Waals surface area (Å²) in [5.41, 5.74) is 4.94. The quantitative estimate of drug-likeness (QED) is 0.260. The number of thiazole rings is 1. The third kappa shape index (κ3) is 4.33. The van der Waals surface area contributed by atoms with Crippen molar-refractivity contribution in [3.8, 4) is 10.6 Å². The number of amides is 3. The zero-order chi connectivity index (χ0) is 25.4. The maximum absolute atomic E-state index is 13.4. The normalized spacial score (nSPS) is 15.5. The number of nitrogens with zero attached hydrogens (tertiary/aromatic N) is 3. The third-order valence-corrected chi connectivity index (χ3v) is 7.33. The first-order valence-electron chi connectivity index (χ1n) is 11.7. The van der Waals surface area contributed by atoms with Crippen LogP contribution in [0.25, 0.3) is 20.8 Å². The van der Waals surface area contributed by atoms with Crippen LogP contribution < -0.4 is 4.90 Å². The molecule has 0 saturated carbocycles. The molecule has 180 valence electrons. The first-order valence-corrected chi connectivity index (χ1v) is 12.5. The molecule has 0 N–H and O–H groups in total. The van der Waals surface area contributed by atoms with Gasteiger partial charge in [0.1, 0.15) is 11.0 Å². The first kappa shape index (κ1) is 23.6. The van der Waals surface area contributed by atoms with E-state index in [1.54, 1.807) is 47.7 Å². The van der Waals surface area contributed by atoms with E-state index in [1.807, 2.05) is 37.3 Å². The van der Waals surface area contributed by atoms with E-state index in [-0.39, 0.29) is 24.8 Å². The van der Waals surface area contributed by atoms with Crippen molar-refractivity contribution in [2.75, 3.05) is 11.4 Å². The van der Waals surface area contributed by atoms with Gasteiger partial charge >= 0.3 is 0 Å². The van der Waals surface area contributed by atoms with Gasteiger partial charge in [0.25, 0.3) is 11.8 Å². The van der Waals surface area contributed by atoms with Gasteiger partial charge in [-0.15, -0.1) is 17.9 Å². The number of rotatable bonds is 6. The highest BCUT2D eigenvalue weighted by Gasteiger charge is 2.44. The van der Waals surface area contributed by atoms with Crippen molar-refractivity contribution in [1.29, 1.82) is 0 Å². The topological polar surface area (TPSA) is 70.6 Å². The van der Waals surface area contributed by atoms with Gasteiger partial charge in [-0.2, -0.15) is 0 Å². The lowest BCUT2D eigenvalue weighted by atomic mass is 10.1. The number of anilines is 1. The number of hydrogen-bond acceptors (Lipinski definition) is 5. The maximum atomic E-state index is 13.4. The van der Waals surface area contributed by atoms with Gasteiger partial charge in [-0.1, -0.05) is 29.8 Å². The predicted molar refractivity (Wildman–Crippen MR) is 143 cm³/mol. The summed E-state index contributed by atoms with van der Waals surface area (Å²) in [7, 11) is 0. The standard InChI is InChI=1S/C29H25N3O3S/c1-4-14-31(28(34)21-7-5-6-18(2)15-21)24-17-26(33)32(29(24)35)22-11-9-20(10-12-22)27-30-23-13-8-19(3)16-25(23)36-27/h4-13,15-16,24H,1,14,17H2,2-3H3. The average molecular weight is 496 g/mol. The molecule has 0 spiro atoms. The number of benzene rings is 3. The van der Waals surface area contributed by atoms with E-state index >= 15 is 0 Å². The van der Waals surface area contributed by atoms with Crippen LogP contribution in [-0.4, -0.2) is 40.2 Å². The molecule has 1 aliphatic rings. The van der Waals surface area contributed by atoms with Gasteiger partial charge < -0.3 is 4.90 Å². The summed E-state index contributed by atoms with van der Waals surface area (Å²) >= 11 is 1.60. The van der Waals surface area contributed by atoms with Gasteiger partial charge in [0.05, 0.1) is 22.3 Å². The Morgan fingerprint density at radius 3 is 2.56 bits per heavy atom. The maximum Gasteiger partial charge on any atom is 0.257 e. The van der Waals surface area contributed by atoms with E-state index in [2.05, 4.69) is 19.6 Å². The molecule has 0 aliphatic carbocycles. The van der Waals surface area contributed by atoms with Crippen molar-refractivity contribution in [2.45, 2.75) is 26.3 Å². The van der Waals surface area contributed by atoms with Gasteiger partial charge in [-0.25, -0.2) is 9.88 Å². The van der Waals surface area contributed by atoms with E-state index in [0.717, 1.165) is 26.4 Å². The molecule has 7 heteroatoms. The zero-order valence-electron chi connectivity index (χ0n) is 20.1. The first-order chi connectivity index (χ1) is 17.4. The van der Waals surface area contributed by atoms with E-state index in [1.165, 1.54) is 15.4 Å². The highest BCUT2D eigenvalue weighted by molar-refractivity contribution is 7.21. The molecule has 36 heavy (non-hydrogen) atoms. The summed E-state index contributed by atoms with van der Waals surface area (Å²) in [5, 5.41) is 0.875. The molecular weight excluding hydrogens is 470 g/mol. The van der Waals surface area contributed by atoms with E-state index in [9.17, 15) is 14.4 Å². The molecule has 6 nitrogen and oxygen atoms in total. The Morgan fingerprint density at radius 1 is 1.08 bits per heavy atom. The van der Waals surface area contributed by atoms with Crippen LogP contribution in [0, 0.1) is 13.8 Å². The van der Waals surface area contributed by atoms with Crippen LogP contribution in [0.1, 0.15) is 27.9 Å². The second-order valence-electron chi connectivity index (χ2n) is 8.94. The third-order valence-electron chi connectivity index (χ3n) is 6.27. The summed E-state index contributed by atoms with van der Waals surface area (Å²) in [5.74, 6) is -1.04. The second kappa shape index (κ2) is 9.51. The van der Waals surface area contributed by atoms with Crippen molar-refractivity contribution in [2.24, 2.45) is 0 Å². The van der Waals surface area contributed by atoms with Gasteiger partial charge in [0.2, 0.25) is 5.91 Å². The van der Waals surface area contributed by atoms with Crippen LogP contribution in [0.15, 0.2) is 79.4 Å². The molecule has 2 heterocycles. The number of aromatic nitrogens is 1. The summed E-state index contributed by atoms with van der Waals surface area (Å²) in [6.07, 6.45) is 1.51. The number of carbonyl (C=O) groups excluding carboxylic acids is 3. The highest BCUT2D eigenvalue weighted by atomic mass is 32.1. The van der Waals surface area contributed by atoms with Crippen LogP contribution in [0.3, 0.4) is 0 Å². The minimum atomic E-state index is -0.879. The lowest BCUT2D eigenvalue weighted by Crippen LogP contribution is -2.45. The minimum Gasteiger partial charge on any atom is -0.322 e. The summed E-state index contributed by atoms with van der Waals surface area (Å²) in [6, 6.07) is 19.7. The smallest absolute Gasteiger partial charge is 0.257 e. The molecule has 1 fully saturated rings. The number of hydrogen-bond donors (Lipinski definition) is 0. The molecule has 3 aromatic carbocycles. The number of fused-ring (bicyclic) bond motifs is 1. The molecule has 1 aliphatic heterocycles. The Bertz CT molecular complexity index is 1510. The molecule has 1 unspecified atom stereocenters. The fourth-order valence-corrected chi connectivity index (χ4v) is 5.54. The van der Waals surface area contributed by atoms with E-state index in [4.69, 9.17) is 4.98 Å². The Kier molecular flexibility index (Phi) is 6.24. The van der Waals surface area contributed by atoms with Gasteiger partial charge in [-0.3, -0.25) is 14.4 Å². The molecule has 4 aromatic rings. The molecule has 1 atom stereocenters. The fraction of sp³-hybridized carbons (Fsp3) is 0.172. The van der Waals surface area contributed by atoms with Crippen LogP contribution >= 0.6 is 11.3 Å². The summed E-state index contributed by atoms with van der Waals surface area (Å²) in [4.78, 5) is 46.9. The average Bonchev–Trinajstić information content (AvgIpc) is 3.42. The molecule has 1 saturated heterocycles. The van der Waals surface area contributed by atoms with Crippen molar-refractivity contribution in [3.63, 3.8) is 0 Å². The van der Waals surface area contributed by atoms with Crippen LogP contribution in [0.2, 0.25) is 0 Å². The molecular formula is C29H25N3O3S. The van der Waals surface area contributed by atoms with Crippen molar-refractivity contribution in [3.05, 3.63) is 96.1 Å². The number of aryl methyl sites for hydroxylation is 2. The Hall–Kier alpha value is -4.10. The van der Waals surface area contributed by atoms with Gasteiger partial charge in [-0.05, 0) is 67.9 Å². The number of carbonyl (C=O) groups is 3. The van der Waals surface area contributed by atoms with Crippen molar-refractivity contribution < 1.29 is 14.4 Å². The molecule has 3 amide bonds. The molecule has 0 radical (unpaired) electrons. The molecule has 0 bridgehead atoms. The highest BCUT2D eigenvalue weighted by Crippen LogP contribution is 2.33. The molecule has 5 rings (SSSR count). The van der Waals surface area contributed by atoms with E-state index < -0.39 is 11.9 Å². The molecule has 1 aromatic heterocycles. The Labute approximate surface area is 213 Å². The van der Waals surface area contributed by atoms with Crippen LogP contribution in [0.5, 0.6) is 0 Å². The Balaban J connectivity index is 1.40. The van der Waals surface area contributed by atoms with Crippen LogP contribution in [0.4, 0.5) is 5.69 Å². The number of imide groups is 1. The van der Waals surface area contributed by atoms with Crippen LogP contribution in [-0.2, 0) is 9.59 Å². The minimum absolute atomic E-state index is 0.0663. The van der Waals surface area contributed by atoms with Gasteiger partial charge in [0.15, 0.2) is 0 Å². The van der Waals surface area contributed by atoms with Crippen molar-refractivity contribution >= 4 is 45.0 Å². The van der Waals surface area contributed by atoms with E-state index in [0.29, 0.717) is 11.3 Å². The SMILES string of the molecule is C=CCN(C(=O)c1cccc(C)c1)C1CC(=O)N(c2ccc(-c3nc4ccc(C)cc4s3)cc2)C1=O. The summed E-state index contributed by atoms with van der Waals surface area (Å²) in [6.45, 7) is 7.86. The monoisotopic (exact) mass is 495 g/mol. The summed E-state index contributed by atoms with van der Waals surface area (Å²) < 4.78 is 1.11. The second-order valence-corrected chi connectivity index (χ2v) is 9.97. The Morgan fingerprint density at radius 2 is 1.83 bits per heavy atom. The van der Waals surface area contributed by atoms with Crippen molar-refractivity contribution in [1.82, 2.24) is 9.88 Å². The largest absolute Gasteiger partial charge is 0.322 e. The lowest BCUT2D eigenvalue weighted by Gasteiger charge is -2.26. The fourth-order valence-electron chi connectivity index (χ4n) is 4.47. The predicted octanol–water partition coefficient (Wildman–Crippen LogP) is 5.54. The van der Waals surface area contributed by atoms with Gasteiger partial charge in [0, 0.05) is 17.7 Å².